The molecule has 1 N–H and O–H groups in total. The Hall–Kier alpha value is -2.07. The van der Waals surface area contributed by atoms with Crippen molar-refractivity contribution >= 4 is 17.6 Å². The van der Waals surface area contributed by atoms with E-state index >= 15 is 0 Å². The second-order valence-corrected chi connectivity index (χ2v) is 6.82. The first-order valence-corrected chi connectivity index (χ1v) is 8.34. The average Bonchev–Trinajstić information content (AvgIpc) is 2.55. The SMILES string of the molecule is CC(C)(CCCCOc1cc(-c2ccc(Cl)cc2)ccn1)C(=O)O. The lowest BCUT2D eigenvalue weighted by Gasteiger charge is -2.18. The third-order valence-corrected chi connectivity index (χ3v) is 4.19. The van der Waals surface area contributed by atoms with Crippen LogP contribution in [0, 0.1) is 5.41 Å². The number of benzene rings is 1. The molecule has 0 aliphatic carbocycles. The highest BCUT2D eigenvalue weighted by Gasteiger charge is 2.25. The van der Waals surface area contributed by atoms with Gasteiger partial charge in [0.25, 0.3) is 0 Å². The number of hydrogen-bond donors (Lipinski definition) is 1. The third kappa shape index (κ3) is 5.24. The van der Waals surface area contributed by atoms with Gasteiger partial charge in [0, 0.05) is 17.3 Å². The highest BCUT2D eigenvalue weighted by Crippen LogP contribution is 2.25. The quantitative estimate of drug-likeness (QED) is 0.678. The number of pyridine rings is 1. The second-order valence-electron chi connectivity index (χ2n) is 6.38. The number of aromatic nitrogens is 1. The Morgan fingerprint density at radius 1 is 1.17 bits per heavy atom. The van der Waals surface area contributed by atoms with Crippen LogP contribution < -0.4 is 4.74 Å². The molecule has 24 heavy (non-hydrogen) atoms. The van der Waals surface area contributed by atoms with Crippen LogP contribution in [0.15, 0.2) is 42.6 Å². The molecule has 0 unspecified atom stereocenters. The summed E-state index contributed by atoms with van der Waals surface area (Å²) >= 11 is 5.91. The zero-order valence-electron chi connectivity index (χ0n) is 14.0. The molecule has 0 saturated heterocycles. The van der Waals surface area contributed by atoms with E-state index in [2.05, 4.69) is 4.98 Å². The van der Waals surface area contributed by atoms with Crippen molar-refractivity contribution in [1.82, 2.24) is 4.98 Å². The van der Waals surface area contributed by atoms with Gasteiger partial charge in [0.15, 0.2) is 0 Å². The summed E-state index contributed by atoms with van der Waals surface area (Å²) in [6, 6.07) is 11.4. The maximum atomic E-state index is 11.0. The van der Waals surface area contributed by atoms with Gasteiger partial charge in [0.1, 0.15) is 0 Å². The minimum Gasteiger partial charge on any atom is -0.481 e. The van der Waals surface area contributed by atoms with Crippen LogP contribution in [-0.4, -0.2) is 22.7 Å². The van der Waals surface area contributed by atoms with Gasteiger partial charge >= 0.3 is 5.97 Å². The van der Waals surface area contributed by atoms with E-state index in [-0.39, 0.29) is 0 Å². The molecule has 1 aromatic carbocycles. The van der Waals surface area contributed by atoms with E-state index in [9.17, 15) is 4.79 Å². The highest BCUT2D eigenvalue weighted by molar-refractivity contribution is 6.30. The molecule has 4 nitrogen and oxygen atoms in total. The number of carboxylic acids is 1. The Kier molecular flexibility index (Phi) is 6.21. The zero-order chi connectivity index (χ0) is 17.6. The lowest BCUT2D eigenvalue weighted by molar-refractivity contribution is -0.147. The number of nitrogens with zero attached hydrogens (tertiary/aromatic N) is 1. The number of carbonyl (C=O) groups is 1. The number of unbranched alkanes of at least 4 members (excludes halogenated alkanes) is 1. The van der Waals surface area contributed by atoms with Crippen molar-refractivity contribution < 1.29 is 14.6 Å². The fourth-order valence-corrected chi connectivity index (χ4v) is 2.39. The van der Waals surface area contributed by atoms with Crippen LogP contribution >= 0.6 is 11.6 Å². The topological polar surface area (TPSA) is 59.4 Å². The molecule has 0 saturated carbocycles. The molecular formula is C19H22ClNO3. The first kappa shape index (κ1) is 18.3. The first-order valence-electron chi connectivity index (χ1n) is 7.97. The number of ether oxygens (including phenoxy) is 1. The summed E-state index contributed by atoms with van der Waals surface area (Å²) in [4.78, 5) is 15.3. The Bertz CT molecular complexity index is 683. The molecule has 0 atom stereocenters. The summed E-state index contributed by atoms with van der Waals surface area (Å²) in [5.74, 6) is -0.194. The summed E-state index contributed by atoms with van der Waals surface area (Å²) in [6.45, 7) is 4.01. The van der Waals surface area contributed by atoms with Gasteiger partial charge in [0.05, 0.1) is 12.0 Å². The predicted molar refractivity (Wildman–Crippen MR) is 95.4 cm³/mol. The molecule has 2 aromatic rings. The fourth-order valence-electron chi connectivity index (χ4n) is 2.26. The molecule has 128 valence electrons. The molecule has 0 radical (unpaired) electrons. The van der Waals surface area contributed by atoms with E-state index in [1.165, 1.54) is 0 Å². The van der Waals surface area contributed by atoms with E-state index in [1.807, 2.05) is 36.4 Å². The Balaban J connectivity index is 1.85. The van der Waals surface area contributed by atoms with Gasteiger partial charge in [-0.3, -0.25) is 4.79 Å². The van der Waals surface area contributed by atoms with E-state index < -0.39 is 11.4 Å². The fraction of sp³-hybridized carbons (Fsp3) is 0.368. The minimum atomic E-state index is -0.763. The Morgan fingerprint density at radius 3 is 2.54 bits per heavy atom. The maximum absolute atomic E-state index is 11.0. The molecule has 0 bridgehead atoms. The van der Waals surface area contributed by atoms with Gasteiger partial charge < -0.3 is 9.84 Å². The van der Waals surface area contributed by atoms with Gasteiger partial charge in [-0.1, -0.05) is 23.7 Å². The minimum absolute atomic E-state index is 0.521. The van der Waals surface area contributed by atoms with Crippen LogP contribution in [0.5, 0.6) is 5.88 Å². The van der Waals surface area contributed by atoms with E-state index in [1.54, 1.807) is 20.0 Å². The number of hydrogen-bond acceptors (Lipinski definition) is 3. The molecule has 0 spiro atoms. The number of halogens is 1. The van der Waals surface area contributed by atoms with Gasteiger partial charge in [-0.15, -0.1) is 0 Å². The molecular weight excluding hydrogens is 326 g/mol. The average molecular weight is 348 g/mol. The summed E-state index contributed by atoms with van der Waals surface area (Å²) in [6.07, 6.45) is 3.94. The molecule has 1 aromatic heterocycles. The van der Waals surface area contributed by atoms with Crippen LogP contribution in [0.25, 0.3) is 11.1 Å². The molecule has 2 rings (SSSR count). The lowest BCUT2D eigenvalue weighted by Crippen LogP contribution is -2.23. The van der Waals surface area contributed by atoms with Crippen molar-refractivity contribution in [2.45, 2.75) is 33.1 Å². The predicted octanol–water partition coefficient (Wildman–Crippen LogP) is 5.06. The smallest absolute Gasteiger partial charge is 0.309 e. The third-order valence-electron chi connectivity index (χ3n) is 3.94. The van der Waals surface area contributed by atoms with Crippen molar-refractivity contribution in [3.8, 4) is 17.0 Å². The monoisotopic (exact) mass is 347 g/mol. The standard InChI is InChI=1S/C19H22ClNO3/c1-19(2,18(22)23)10-3-4-12-24-17-13-15(9-11-21-17)14-5-7-16(20)8-6-14/h5-9,11,13H,3-4,10,12H2,1-2H3,(H,22,23). The van der Waals surface area contributed by atoms with Crippen molar-refractivity contribution in [2.24, 2.45) is 5.41 Å². The van der Waals surface area contributed by atoms with Gasteiger partial charge in [-0.25, -0.2) is 4.98 Å². The second kappa shape index (κ2) is 8.15. The molecule has 0 fully saturated rings. The van der Waals surface area contributed by atoms with Crippen molar-refractivity contribution in [3.05, 3.63) is 47.6 Å². The summed E-state index contributed by atoms with van der Waals surface area (Å²) in [7, 11) is 0. The Labute approximate surface area is 147 Å². The Morgan fingerprint density at radius 2 is 1.88 bits per heavy atom. The van der Waals surface area contributed by atoms with Crippen LogP contribution in [0.1, 0.15) is 33.1 Å². The maximum Gasteiger partial charge on any atom is 0.309 e. The van der Waals surface area contributed by atoms with Crippen LogP contribution in [0.2, 0.25) is 5.02 Å². The van der Waals surface area contributed by atoms with Crippen LogP contribution in [-0.2, 0) is 4.79 Å². The van der Waals surface area contributed by atoms with E-state index in [4.69, 9.17) is 21.4 Å². The molecule has 1 heterocycles. The van der Waals surface area contributed by atoms with Crippen molar-refractivity contribution in [1.29, 1.82) is 0 Å². The molecule has 0 amide bonds. The van der Waals surface area contributed by atoms with Gasteiger partial charge in [-0.05, 0) is 62.4 Å². The van der Waals surface area contributed by atoms with E-state index in [0.717, 1.165) is 24.0 Å². The number of carboxylic acid groups (broad SMARTS) is 1. The van der Waals surface area contributed by atoms with Crippen molar-refractivity contribution in [2.75, 3.05) is 6.61 Å². The van der Waals surface area contributed by atoms with Crippen LogP contribution in [0.3, 0.4) is 0 Å². The van der Waals surface area contributed by atoms with Crippen molar-refractivity contribution in [3.63, 3.8) is 0 Å². The van der Waals surface area contributed by atoms with Gasteiger partial charge in [0.2, 0.25) is 5.88 Å². The number of rotatable bonds is 8. The largest absolute Gasteiger partial charge is 0.481 e. The lowest BCUT2D eigenvalue weighted by atomic mass is 9.87. The summed E-state index contributed by atoms with van der Waals surface area (Å²) in [5, 5.41) is 9.78. The molecule has 5 heteroatoms. The first-order chi connectivity index (χ1) is 11.4. The molecule has 0 aliphatic heterocycles. The van der Waals surface area contributed by atoms with Gasteiger partial charge in [-0.2, -0.15) is 0 Å². The zero-order valence-corrected chi connectivity index (χ0v) is 14.7. The highest BCUT2D eigenvalue weighted by atomic mass is 35.5. The van der Waals surface area contributed by atoms with Crippen LogP contribution in [0.4, 0.5) is 0 Å². The molecule has 0 aliphatic rings. The summed E-state index contributed by atoms with van der Waals surface area (Å²) in [5.41, 5.74) is 1.38. The summed E-state index contributed by atoms with van der Waals surface area (Å²) < 4.78 is 5.68. The number of aliphatic carboxylic acids is 1. The van der Waals surface area contributed by atoms with E-state index in [0.29, 0.717) is 23.9 Å². The normalized spacial score (nSPS) is 11.3.